The smallest absolute Gasteiger partial charge is 0.228 e. The van der Waals surface area contributed by atoms with Crippen LogP contribution in [-0.2, 0) is 4.79 Å². The molecule has 0 heterocycles. The highest BCUT2D eigenvalue weighted by Crippen LogP contribution is 2.16. The van der Waals surface area contributed by atoms with Crippen molar-refractivity contribution in [2.45, 2.75) is 33.6 Å². The third-order valence-corrected chi connectivity index (χ3v) is 2.84. The van der Waals surface area contributed by atoms with Crippen LogP contribution >= 0.6 is 12.2 Å². The van der Waals surface area contributed by atoms with Crippen molar-refractivity contribution in [1.82, 2.24) is 5.32 Å². The Morgan fingerprint density at radius 1 is 1.30 bits per heavy atom. The maximum atomic E-state index is 11.5. The average Bonchev–Trinajstić information content (AvgIpc) is 2.40. The van der Waals surface area contributed by atoms with Gasteiger partial charge in [0.1, 0.15) is 5.75 Å². The minimum absolute atomic E-state index is 0.0934. The summed E-state index contributed by atoms with van der Waals surface area (Å²) >= 11 is 5.08. The quantitative estimate of drug-likeness (QED) is 0.624. The molecule has 0 saturated heterocycles. The van der Waals surface area contributed by atoms with Crippen molar-refractivity contribution in [2.75, 3.05) is 11.9 Å². The maximum absolute atomic E-state index is 11.5. The van der Waals surface area contributed by atoms with E-state index in [-0.39, 0.29) is 11.8 Å². The van der Waals surface area contributed by atoms with Crippen LogP contribution in [0.2, 0.25) is 0 Å². The van der Waals surface area contributed by atoms with E-state index in [1.165, 1.54) is 0 Å². The van der Waals surface area contributed by atoms with E-state index in [4.69, 9.17) is 17.0 Å². The number of carbonyl (C=O) groups is 1. The van der Waals surface area contributed by atoms with Gasteiger partial charge in [-0.2, -0.15) is 0 Å². The van der Waals surface area contributed by atoms with Crippen LogP contribution in [0, 0.1) is 5.92 Å². The zero-order valence-corrected chi connectivity index (χ0v) is 13.0. The van der Waals surface area contributed by atoms with Gasteiger partial charge in [-0.3, -0.25) is 4.79 Å². The van der Waals surface area contributed by atoms with Crippen LogP contribution in [0.4, 0.5) is 5.69 Å². The summed E-state index contributed by atoms with van der Waals surface area (Å²) in [5.41, 5.74) is 0.821. The Kier molecular flexibility index (Phi) is 7.01. The summed E-state index contributed by atoms with van der Waals surface area (Å²) < 4.78 is 5.57. The van der Waals surface area contributed by atoms with Gasteiger partial charge in [0.25, 0.3) is 0 Å². The predicted octanol–water partition coefficient (Wildman–Crippen LogP) is 3.33. The number of nitrogens with one attached hydrogen (secondary N) is 2. The van der Waals surface area contributed by atoms with E-state index in [1.54, 1.807) is 0 Å². The van der Waals surface area contributed by atoms with E-state index in [0.717, 1.165) is 30.9 Å². The highest BCUT2D eigenvalue weighted by atomic mass is 32.1. The molecule has 0 fully saturated rings. The number of hydrogen-bond donors (Lipinski definition) is 2. The number of unbranched alkanes of at least 4 members (excludes halogenated alkanes) is 1. The zero-order valence-electron chi connectivity index (χ0n) is 12.2. The van der Waals surface area contributed by atoms with Gasteiger partial charge in [0.05, 0.1) is 6.61 Å². The first-order valence-corrected chi connectivity index (χ1v) is 7.28. The summed E-state index contributed by atoms with van der Waals surface area (Å²) in [6.45, 7) is 6.50. The molecular weight excluding hydrogens is 272 g/mol. The van der Waals surface area contributed by atoms with Gasteiger partial charge in [-0.25, -0.2) is 0 Å². The van der Waals surface area contributed by atoms with Crippen molar-refractivity contribution < 1.29 is 9.53 Å². The monoisotopic (exact) mass is 294 g/mol. The molecule has 0 spiro atoms. The number of thiocarbonyl (C=S) groups is 1. The van der Waals surface area contributed by atoms with E-state index in [9.17, 15) is 4.79 Å². The van der Waals surface area contributed by atoms with Crippen molar-refractivity contribution in [1.29, 1.82) is 0 Å². The van der Waals surface area contributed by atoms with Gasteiger partial charge < -0.3 is 15.4 Å². The lowest BCUT2D eigenvalue weighted by Gasteiger charge is -2.11. The minimum Gasteiger partial charge on any atom is -0.494 e. The van der Waals surface area contributed by atoms with Crippen LogP contribution in [-0.4, -0.2) is 17.6 Å². The number of benzene rings is 1. The van der Waals surface area contributed by atoms with Crippen LogP contribution in [0.1, 0.15) is 33.6 Å². The molecule has 1 aromatic carbocycles. The third kappa shape index (κ3) is 6.02. The van der Waals surface area contributed by atoms with Crippen molar-refractivity contribution in [3.8, 4) is 5.75 Å². The van der Waals surface area contributed by atoms with E-state index < -0.39 is 0 Å². The SMILES string of the molecule is CCCCOc1ccc(NC(=S)NC(=O)C(C)C)cc1. The minimum atomic E-state index is -0.0954. The highest BCUT2D eigenvalue weighted by Gasteiger charge is 2.08. The molecule has 1 rings (SSSR count). The second-order valence-corrected chi connectivity index (χ2v) is 5.23. The summed E-state index contributed by atoms with van der Waals surface area (Å²) in [5, 5.41) is 5.91. The first-order valence-electron chi connectivity index (χ1n) is 6.87. The van der Waals surface area contributed by atoms with Crippen molar-refractivity contribution >= 4 is 28.9 Å². The highest BCUT2D eigenvalue weighted by molar-refractivity contribution is 7.80. The number of anilines is 1. The molecule has 0 aliphatic carbocycles. The van der Waals surface area contributed by atoms with Crippen molar-refractivity contribution in [3.63, 3.8) is 0 Å². The van der Waals surface area contributed by atoms with Gasteiger partial charge >= 0.3 is 0 Å². The van der Waals surface area contributed by atoms with Crippen LogP contribution in [0.15, 0.2) is 24.3 Å². The predicted molar refractivity (Wildman–Crippen MR) is 86.0 cm³/mol. The molecule has 4 nitrogen and oxygen atoms in total. The fourth-order valence-corrected chi connectivity index (χ4v) is 1.61. The van der Waals surface area contributed by atoms with Crippen LogP contribution < -0.4 is 15.4 Å². The van der Waals surface area contributed by atoms with Gasteiger partial charge in [-0.15, -0.1) is 0 Å². The molecule has 2 N–H and O–H groups in total. The lowest BCUT2D eigenvalue weighted by Crippen LogP contribution is -2.36. The third-order valence-electron chi connectivity index (χ3n) is 2.64. The van der Waals surface area contributed by atoms with E-state index in [0.29, 0.717) is 5.11 Å². The molecule has 0 bridgehead atoms. The van der Waals surface area contributed by atoms with E-state index in [2.05, 4.69) is 17.6 Å². The number of carbonyl (C=O) groups excluding carboxylic acids is 1. The number of hydrogen-bond acceptors (Lipinski definition) is 3. The first kappa shape index (κ1) is 16.4. The number of ether oxygens (including phenoxy) is 1. The standard InChI is InChI=1S/C15H22N2O2S/c1-4-5-10-19-13-8-6-12(7-9-13)16-15(20)17-14(18)11(2)3/h6-9,11H,4-5,10H2,1-3H3,(H2,16,17,18,20). The molecule has 110 valence electrons. The van der Waals surface area contributed by atoms with Gasteiger partial charge in [-0.05, 0) is 42.9 Å². The molecule has 0 saturated carbocycles. The normalized spacial score (nSPS) is 10.2. The Morgan fingerprint density at radius 3 is 2.50 bits per heavy atom. The Balaban J connectivity index is 2.44. The second kappa shape index (κ2) is 8.53. The molecule has 0 aliphatic rings. The molecule has 5 heteroatoms. The zero-order chi connectivity index (χ0) is 15.0. The van der Waals surface area contributed by atoms with E-state index in [1.807, 2.05) is 38.1 Å². The lowest BCUT2D eigenvalue weighted by molar-refractivity contribution is -0.122. The fourth-order valence-electron chi connectivity index (χ4n) is 1.39. The van der Waals surface area contributed by atoms with Gasteiger partial charge in [0.2, 0.25) is 5.91 Å². The van der Waals surface area contributed by atoms with Crippen LogP contribution in [0.25, 0.3) is 0 Å². The maximum Gasteiger partial charge on any atom is 0.228 e. The van der Waals surface area contributed by atoms with Gasteiger partial charge in [0, 0.05) is 11.6 Å². The number of amides is 1. The fraction of sp³-hybridized carbons (Fsp3) is 0.467. The van der Waals surface area contributed by atoms with Gasteiger partial charge in [0.15, 0.2) is 5.11 Å². The van der Waals surface area contributed by atoms with Crippen LogP contribution in [0.3, 0.4) is 0 Å². The molecule has 0 aromatic heterocycles. The van der Waals surface area contributed by atoms with Crippen molar-refractivity contribution in [3.05, 3.63) is 24.3 Å². The summed E-state index contributed by atoms with van der Waals surface area (Å²) in [6.07, 6.45) is 2.16. The number of rotatable bonds is 6. The van der Waals surface area contributed by atoms with E-state index >= 15 is 0 Å². The topological polar surface area (TPSA) is 50.4 Å². The molecule has 1 aromatic rings. The summed E-state index contributed by atoms with van der Waals surface area (Å²) in [7, 11) is 0. The second-order valence-electron chi connectivity index (χ2n) is 4.82. The molecule has 0 aliphatic heterocycles. The summed E-state index contributed by atoms with van der Waals surface area (Å²) in [5.74, 6) is 0.646. The molecule has 20 heavy (non-hydrogen) atoms. The Hall–Kier alpha value is -1.62. The molecule has 0 radical (unpaired) electrons. The van der Waals surface area contributed by atoms with Crippen molar-refractivity contribution in [2.24, 2.45) is 5.92 Å². The summed E-state index contributed by atoms with van der Waals surface area (Å²) in [6, 6.07) is 7.50. The van der Waals surface area contributed by atoms with Gasteiger partial charge in [-0.1, -0.05) is 27.2 Å². The average molecular weight is 294 g/mol. The molecule has 1 amide bonds. The van der Waals surface area contributed by atoms with Crippen LogP contribution in [0.5, 0.6) is 5.75 Å². The Labute approximate surface area is 125 Å². The first-order chi connectivity index (χ1) is 9.52. The Bertz CT molecular complexity index is 444. The molecule has 0 unspecified atom stereocenters. The largest absolute Gasteiger partial charge is 0.494 e. The lowest BCUT2D eigenvalue weighted by atomic mass is 10.2. The summed E-state index contributed by atoms with van der Waals surface area (Å²) in [4.78, 5) is 11.5. The Morgan fingerprint density at radius 2 is 1.95 bits per heavy atom. The molecular formula is C15H22N2O2S. The molecule has 0 atom stereocenters.